The zero-order valence-corrected chi connectivity index (χ0v) is 10.4. The van der Waals surface area contributed by atoms with Crippen LogP contribution >= 0.6 is 11.6 Å². The Morgan fingerprint density at radius 3 is 2.44 bits per heavy atom. The van der Waals surface area contributed by atoms with Gasteiger partial charge in [-0.05, 0) is 36.3 Å². The maximum Gasteiger partial charge on any atom is 0.129 e. The van der Waals surface area contributed by atoms with E-state index in [1.54, 1.807) is 0 Å². The van der Waals surface area contributed by atoms with Crippen LogP contribution in [0.2, 0.25) is 0 Å². The van der Waals surface area contributed by atoms with Crippen LogP contribution in [0.5, 0.6) is 0 Å². The van der Waals surface area contributed by atoms with Crippen molar-refractivity contribution in [2.45, 2.75) is 26.7 Å². The smallest absolute Gasteiger partial charge is 0.129 e. The highest BCUT2D eigenvalue weighted by Crippen LogP contribution is 2.20. The van der Waals surface area contributed by atoms with Crippen molar-refractivity contribution < 1.29 is 8.78 Å². The summed E-state index contributed by atoms with van der Waals surface area (Å²) >= 11 is 5.85. The van der Waals surface area contributed by atoms with Crippen molar-refractivity contribution in [2.24, 2.45) is 11.8 Å². The minimum Gasteiger partial charge on any atom is -0.207 e. The molecule has 16 heavy (non-hydrogen) atoms. The Balaban J connectivity index is 2.70. The van der Waals surface area contributed by atoms with Crippen molar-refractivity contribution in [2.75, 3.05) is 5.88 Å². The molecule has 0 saturated heterocycles. The molecule has 0 fully saturated rings. The van der Waals surface area contributed by atoms with Gasteiger partial charge in [-0.1, -0.05) is 19.9 Å². The molecule has 3 heteroatoms. The SMILES string of the molecule is CC(C)CC(CCl)Cc1ccc(F)cc1F. The Morgan fingerprint density at radius 1 is 1.25 bits per heavy atom. The van der Waals surface area contributed by atoms with Gasteiger partial charge in [0.05, 0.1) is 0 Å². The first-order chi connectivity index (χ1) is 7.52. The van der Waals surface area contributed by atoms with Crippen molar-refractivity contribution in [3.63, 3.8) is 0 Å². The number of rotatable bonds is 5. The molecule has 1 atom stereocenters. The Kier molecular flexibility index (Phi) is 5.20. The Labute approximate surface area is 101 Å². The zero-order valence-electron chi connectivity index (χ0n) is 9.64. The van der Waals surface area contributed by atoms with Crippen molar-refractivity contribution in [1.29, 1.82) is 0 Å². The van der Waals surface area contributed by atoms with Gasteiger partial charge in [0.1, 0.15) is 11.6 Å². The molecular formula is C13H17ClF2. The highest BCUT2D eigenvalue weighted by atomic mass is 35.5. The number of benzene rings is 1. The third kappa shape index (κ3) is 4.09. The van der Waals surface area contributed by atoms with Gasteiger partial charge < -0.3 is 0 Å². The fourth-order valence-electron chi connectivity index (χ4n) is 1.87. The lowest BCUT2D eigenvalue weighted by Crippen LogP contribution is -2.11. The molecule has 0 bridgehead atoms. The predicted octanol–water partition coefficient (Wildman–Crippen LogP) is 4.41. The minimum absolute atomic E-state index is 0.252. The number of hydrogen-bond donors (Lipinski definition) is 0. The molecule has 0 aliphatic carbocycles. The van der Waals surface area contributed by atoms with Gasteiger partial charge in [0.2, 0.25) is 0 Å². The topological polar surface area (TPSA) is 0 Å². The highest BCUT2D eigenvalue weighted by molar-refractivity contribution is 6.18. The molecular weight excluding hydrogens is 230 g/mol. The van der Waals surface area contributed by atoms with Crippen LogP contribution in [0.25, 0.3) is 0 Å². The second kappa shape index (κ2) is 6.19. The van der Waals surface area contributed by atoms with Gasteiger partial charge in [0, 0.05) is 11.9 Å². The van der Waals surface area contributed by atoms with E-state index in [4.69, 9.17) is 11.6 Å². The van der Waals surface area contributed by atoms with Crippen LogP contribution in [0.4, 0.5) is 8.78 Å². The van der Waals surface area contributed by atoms with Gasteiger partial charge in [0.15, 0.2) is 0 Å². The summed E-state index contributed by atoms with van der Waals surface area (Å²) in [7, 11) is 0. The fourth-order valence-corrected chi connectivity index (χ4v) is 2.10. The quantitative estimate of drug-likeness (QED) is 0.675. The summed E-state index contributed by atoms with van der Waals surface area (Å²) in [6.45, 7) is 4.22. The van der Waals surface area contributed by atoms with Crippen molar-refractivity contribution in [3.8, 4) is 0 Å². The third-order valence-electron chi connectivity index (χ3n) is 2.55. The molecule has 0 aromatic heterocycles. The molecule has 0 amide bonds. The summed E-state index contributed by atoms with van der Waals surface area (Å²) in [5, 5.41) is 0. The lowest BCUT2D eigenvalue weighted by Gasteiger charge is -2.16. The molecule has 0 radical (unpaired) electrons. The zero-order chi connectivity index (χ0) is 12.1. The molecule has 0 spiro atoms. The Hall–Kier alpha value is -0.630. The standard InChI is InChI=1S/C13H17ClF2/c1-9(2)5-10(8-14)6-11-3-4-12(15)7-13(11)16/h3-4,7,9-10H,5-6,8H2,1-2H3. The summed E-state index contributed by atoms with van der Waals surface area (Å²) in [5.74, 6) is 0.287. The van der Waals surface area contributed by atoms with Crippen LogP contribution in [0.1, 0.15) is 25.8 Å². The molecule has 0 heterocycles. The van der Waals surface area contributed by atoms with Crippen molar-refractivity contribution in [3.05, 3.63) is 35.4 Å². The monoisotopic (exact) mass is 246 g/mol. The molecule has 0 aliphatic rings. The molecule has 1 unspecified atom stereocenters. The lowest BCUT2D eigenvalue weighted by atomic mass is 9.92. The predicted molar refractivity (Wildman–Crippen MR) is 63.7 cm³/mol. The van der Waals surface area contributed by atoms with E-state index in [1.165, 1.54) is 12.1 Å². The summed E-state index contributed by atoms with van der Waals surface area (Å²) in [6.07, 6.45) is 1.54. The summed E-state index contributed by atoms with van der Waals surface area (Å²) < 4.78 is 26.1. The number of hydrogen-bond acceptors (Lipinski definition) is 0. The largest absolute Gasteiger partial charge is 0.207 e. The van der Waals surface area contributed by atoms with Crippen molar-refractivity contribution in [1.82, 2.24) is 0 Å². The highest BCUT2D eigenvalue weighted by Gasteiger charge is 2.13. The van der Waals surface area contributed by atoms with Gasteiger partial charge in [-0.15, -0.1) is 11.6 Å². The van der Waals surface area contributed by atoms with E-state index < -0.39 is 11.6 Å². The molecule has 0 aliphatic heterocycles. The van der Waals surface area contributed by atoms with Crippen molar-refractivity contribution >= 4 is 11.6 Å². The van der Waals surface area contributed by atoms with Crippen LogP contribution in [-0.2, 0) is 6.42 Å². The Morgan fingerprint density at radius 2 is 1.94 bits per heavy atom. The van der Waals surface area contributed by atoms with Gasteiger partial charge in [0.25, 0.3) is 0 Å². The summed E-state index contributed by atoms with van der Waals surface area (Å²) in [6, 6.07) is 3.72. The summed E-state index contributed by atoms with van der Waals surface area (Å²) in [5.41, 5.74) is 0.549. The third-order valence-corrected chi connectivity index (χ3v) is 2.98. The van der Waals surface area contributed by atoms with E-state index in [2.05, 4.69) is 13.8 Å². The van der Waals surface area contributed by atoms with Crippen LogP contribution in [0.15, 0.2) is 18.2 Å². The molecule has 0 N–H and O–H groups in total. The summed E-state index contributed by atoms with van der Waals surface area (Å²) in [4.78, 5) is 0. The molecule has 1 rings (SSSR count). The molecule has 1 aromatic rings. The van der Waals surface area contributed by atoms with Crippen LogP contribution < -0.4 is 0 Å². The molecule has 0 nitrogen and oxygen atoms in total. The first-order valence-electron chi connectivity index (χ1n) is 5.52. The van der Waals surface area contributed by atoms with E-state index in [9.17, 15) is 8.78 Å². The lowest BCUT2D eigenvalue weighted by molar-refractivity contribution is 0.433. The van der Waals surface area contributed by atoms with Gasteiger partial charge in [-0.3, -0.25) is 0 Å². The van der Waals surface area contributed by atoms with Gasteiger partial charge >= 0.3 is 0 Å². The average Bonchev–Trinajstić information content (AvgIpc) is 2.20. The van der Waals surface area contributed by atoms with E-state index in [1.807, 2.05) is 0 Å². The molecule has 0 saturated carbocycles. The van der Waals surface area contributed by atoms with Crippen LogP contribution in [-0.4, -0.2) is 5.88 Å². The van der Waals surface area contributed by atoms with E-state index in [-0.39, 0.29) is 5.92 Å². The second-order valence-corrected chi connectivity index (χ2v) is 4.90. The van der Waals surface area contributed by atoms with Crippen LogP contribution in [0.3, 0.4) is 0 Å². The van der Waals surface area contributed by atoms with Gasteiger partial charge in [-0.2, -0.15) is 0 Å². The maximum absolute atomic E-state index is 13.4. The second-order valence-electron chi connectivity index (χ2n) is 4.59. The fraction of sp³-hybridized carbons (Fsp3) is 0.538. The first-order valence-corrected chi connectivity index (χ1v) is 6.06. The molecule has 90 valence electrons. The first kappa shape index (κ1) is 13.4. The van der Waals surface area contributed by atoms with E-state index in [0.29, 0.717) is 23.8 Å². The van der Waals surface area contributed by atoms with Gasteiger partial charge in [-0.25, -0.2) is 8.78 Å². The van der Waals surface area contributed by atoms with E-state index >= 15 is 0 Å². The average molecular weight is 247 g/mol. The van der Waals surface area contributed by atoms with Crippen LogP contribution in [0, 0.1) is 23.5 Å². The Bertz CT molecular complexity index is 337. The normalized spacial score (nSPS) is 13.1. The number of alkyl halides is 1. The van der Waals surface area contributed by atoms with E-state index in [0.717, 1.165) is 12.5 Å². The number of halogens is 3. The maximum atomic E-state index is 13.4. The molecule has 1 aromatic carbocycles. The minimum atomic E-state index is -0.535.